The van der Waals surface area contributed by atoms with Crippen LogP contribution in [0.3, 0.4) is 0 Å². The Labute approximate surface area is 130 Å². The first-order valence-electron chi connectivity index (χ1n) is 6.45. The molecule has 1 unspecified atom stereocenters. The van der Waals surface area contributed by atoms with Crippen molar-refractivity contribution in [2.45, 2.75) is 6.04 Å². The highest BCUT2D eigenvalue weighted by atomic mass is 79.9. The van der Waals surface area contributed by atoms with E-state index in [1.807, 2.05) is 30.3 Å². The largest absolute Gasteiger partial charge is 0.271 e. The summed E-state index contributed by atoms with van der Waals surface area (Å²) in [4.78, 5) is 4.12. The Morgan fingerprint density at radius 2 is 1.86 bits per heavy atom. The van der Waals surface area contributed by atoms with E-state index in [9.17, 15) is 4.39 Å². The Hall–Kier alpha value is -1.82. The summed E-state index contributed by atoms with van der Waals surface area (Å²) in [5.74, 6) is 5.43. The van der Waals surface area contributed by atoms with Gasteiger partial charge in [0, 0.05) is 17.8 Å². The zero-order valence-electron chi connectivity index (χ0n) is 11.1. The molecule has 0 aliphatic heterocycles. The summed E-state index contributed by atoms with van der Waals surface area (Å²) in [6.07, 6.45) is 3.53. The SMILES string of the molecule is NNC(c1cccc(F)c1Br)c1cccc2cnccc12. The molecule has 3 rings (SSSR count). The van der Waals surface area contributed by atoms with Crippen LogP contribution in [0.1, 0.15) is 17.2 Å². The van der Waals surface area contributed by atoms with Gasteiger partial charge in [0.05, 0.1) is 10.5 Å². The first-order valence-corrected chi connectivity index (χ1v) is 7.24. The maximum absolute atomic E-state index is 13.8. The third kappa shape index (κ3) is 2.55. The number of nitrogens with one attached hydrogen (secondary N) is 1. The summed E-state index contributed by atoms with van der Waals surface area (Å²) in [6.45, 7) is 0. The van der Waals surface area contributed by atoms with Crippen LogP contribution in [0.5, 0.6) is 0 Å². The summed E-state index contributed by atoms with van der Waals surface area (Å²) in [6, 6.07) is 12.4. The molecule has 0 aliphatic rings. The number of pyridine rings is 1. The van der Waals surface area contributed by atoms with Gasteiger partial charge in [-0.3, -0.25) is 10.8 Å². The summed E-state index contributed by atoms with van der Waals surface area (Å²) >= 11 is 3.30. The predicted octanol–water partition coefficient (Wildman–Crippen LogP) is 3.69. The number of hydrogen-bond acceptors (Lipinski definition) is 3. The molecule has 0 spiro atoms. The van der Waals surface area contributed by atoms with Gasteiger partial charge in [-0.25, -0.2) is 9.82 Å². The van der Waals surface area contributed by atoms with E-state index in [-0.39, 0.29) is 11.9 Å². The van der Waals surface area contributed by atoms with E-state index in [1.54, 1.807) is 18.5 Å². The van der Waals surface area contributed by atoms with Crippen LogP contribution in [0.25, 0.3) is 10.8 Å². The zero-order valence-corrected chi connectivity index (χ0v) is 12.6. The quantitative estimate of drug-likeness (QED) is 0.562. The van der Waals surface area contributed by atoms with Crippen LogP contribution in [0.2, 0.25) is 0 Å². The Morgan fingerprint density at radius 1 is 1.10 bits per heavy atom. The molecular formula is C16H13BrFN3. The average Bonchev–Trinajstić information content (AvgIpc) is 2.52. The van der Waals surface area contributed by atoms with Crippen molar-refractivity contribution in [2.24, 2.45) is 5.84 Å². The van der Waals surface area contributed by atoms with Gasteiger partial charge in [0.15, 0.2) is 0 Å². The molecule has 106 valence electrons. The second-order valence-corrected chi connectivity index (χ2v) is 5.48. The molecule has 0 fully saturated rings. The topological polar surface area (TPSA) is 50.9 Å². The minimum Gasteiger partial charge on any atom is -0.271 e. The summed E-state index contributed by atoms with van der Waals surface area (Å²) in [7, 11) is 0. The van der Waals surface area contributed by atoms with E-state index in [2.05, 4.69) is 26.3 Å². The second-order valence-electron chi connectivity index (χ2n) is 4.69. The zero-order chi connectivity index (χ0) is 14.8. The standard InChI is InChI=1S/C16H13BrFN3/c17-15-13(5-2-6-14(15)18)16(21-19)12-4-1-3-10-9-20-8-7-11(10)12/h1-9,16,21H,19H2. The highest BCUT2D eigenvalue weighted by Gasteiger charge is 2.19. The van der Waals surface area contributed by atoms with E-state index in [4.69, 9.17) is 5.84 Å². The number of nitrogens with two attached hydrogens (primary N) is 1. The predicted molar refractivity (Wildman–Crippen MR) is 85.0 cm³/mol. The van der Waals surface area contributed by atoms with Gasteiger partial charge in [-0.05, 0) is 44.6 Å². The minimum atomic E-state index is -0.318. The molecule has 1 heterocycles. The number of hydrogen-bond donors (Lipinski definition) is 2. The molecule has 0 saturated carbocycles. The maximum Gasteiger partial charge on any atom is 0.137 e. The lowest BCUT2D eigenvalue weighted by atomic mass is 9.95. The Balaban J connectivity index is 2.21. The van der Waals surface area contributed by atoms with Crippen molar-refractivity contribution in [3.05, 3.63) is 76.3 Å². The van der Waals surface area contributed by atoms with E-state index in [0.717, 1.165) is 21.9 Å². The Bertz CT molecular complexity index is 786. The number of halogens is 2. The van der Waals surface area contributed by atoms with Gasteiger partial charge >= 0.3 is 0 Å². The lowest BCUT2D eigenvalue weighted by Gasteiger charge is -2.20. The number of hydrazine groups is 1. The van der Waals surface area contributed by atoms with Gasteiger partial charge < -0.3 is 0 Å². The molecular weight excluding hydrogens is 333 g/mol. The van der Waals surface area contributed by atoms with Gasteiger partial charge in [-0.2, -0.15) is 0 Å². The fraction of sp³-hybridized carbons (Fsp3) is 0.0625. The third-order valence-electron chi connectivity index (χ3n) is 3.48. The summed E-state index contributed by atoms with van der Waals surface area (Å²) in [5, 5.41) is 2.05. The molecule has 5 heteroatoms. The van der Waals surface area contributed by atoms with Crippen molar-refractivity contribution < 1.29 is 4.39 Å². The Morgan fingerprint density at radius 3 is 2.67 bits per heavy atom. The third-order valence-corrected chi connectivity index (χ3v) is 4.32. The second kappa shape index (κ2) is 5.89. The highest BCUT2D eigenvalue weighted by Crippen LogP contribution is 2.33. The average molecular weight is 346 g/mol. The molecule has 2 aromatic carbocycles. The molecule has 3 aromatic rings. The molecule has 1 aromatic heterocycles. The van der Waals surface area contributed by atoms with Crippen LogP contribution < -0.4 is 11.3 Å². The first-order chi connectivity index (χ1) is 10.2. The highest BCUT2D eigenvalue weighted by molar-refractivity contribution is 9.10. The molecule has 1 atom stereocenters. The molecule has 0 bridgehead atoms. The van der Waals surface area contributed by atoms with Crippen molar-refractivity contribution in [2.75, 3.05) is 0 Å². The van der Waals surface area contributed by atoms with Crippen molar-refractivity contribution in [1.29, 1.82) is 0 Å². The maximum atomic E-state index is 13.8. The molecule has 3 nitrogen and oxygen atoms in total. The first kappa shape index (κ1) is 14.1. The number of aromatic nitrogens is 1. The van der Waals surface area contributed by atoms with Crippen molar-refractivity contribution in [3.8, 4) is 0 Å². The molecule has 0 amide bonds. The van der Waals surface area contributed by atoms with Crippen LogP contribution in [0.15, 0.2) is 59.3 Å². The van der Waals surface area contributed by atoms with Crippen LogP contribution in [0, 0.1) is 5.82 Å². The van der Waals surface area contributed by atoms with Crippen molar-refractivity contribution in [3.63, 3.8) is 0 Å². The molecule has 21 heavy (non-hydrogen) atoms. The van der Waals surface area contributed by atoms with Crippen molar-refractivity contribution in [1.82, 2.24) is 10.4 Å². The normalized spacial score (nSPS) is 12.5. The monoisotopic (exact) mass is 345 g/mol. The lowest BCUT2D eigenvalue weighted by Crippen LogP contribution is -2.29. The number of fused-ring (bicyclic) bond motifs is 1. The molecule has 0 aliphatic carbocycles. The number of rotatable bonds is 3. The smallest absolute Gasteiger partial charge is 0.137 e. The van der Waals surface area contributed by atoms with E-state index >= 15 is 0 Å². The minimum absolute atomic E-state index is 0.311. The van der Waals surface area contributed by atoms with Crippen LogP contribution in [0.4, 0.5) is 4.39 Å². The van der Waals surface area contributed by atoms with Gasteiger partial charge in [0.25, 0.3) is 0 Å². The van der Waals surface area contributed by atoms with E-state index in [1.165, 1.54) is 6.07 Å². The molecule has 0 saturated heterocycles. The number of benzene rings is 2. The van der Waals surface area contributed by atoms with Gasteiger partial charge in [0.1, 0.15) is 5.82 Å². The molecule has 3 N–H and O–H groups in total. The fourth-order valence-corrected chi connectivity index (χ4v) is 2.98. The van der Waals surface area contributed by atoms with E-state index in [0.29, 0.717) is 4.47 Å². The van der Waals surface area contributed by atoms with Crippen LogP contribution >= 0.6 is 15.9 Å². The Kier molecular flexibility index (Phi) is 3.96. The molecule has 0 radical (unpaired) electrons. The number of nitrogens with zero attached hydrogens (tertiary/aromatic N) is 1. The van der Waals surface area contributed by atoms with Crippen LogP contribution in [-0.4, -0.2) is 4.98 Å². The fourth-order valence-electron chi connectivity index (χ4n) is 2.49. The summed E-state index contributed by atoms with van der Waals surface area (Å²) in [5.41, 5.74) is 4.51. The lowest BCUT2D eigenvalue weighted by molar-refractivity contribution is 0.598. The summed E-state index contributed by atoms with van der Waals surface area (Å²) < 4.78 is 14.2. The van der Waals surface area contributed by atoms with Crippen molar-refractivity contribution >= 4 is 26.7 Å². The van der Waals surface area contributed by atoms with Gasteiger partial charge in [0.2, 0.25) is 0 Å². The van der Waals surface area contributed by atoms with Crippen LogP contribution in [-0.2, 0) is 0 Å². The van der Waals surface area contributed by atoms with E-state index < -0.39 is 0 Å². The van der Waals surface area contributed by atoms with Gasteiger partial charge in [-0.1, -0.05) is 30.3 Å². The van der Waals surface area contributed by atoms with Gasteiger partial charge in [-0.15, -0.1) is 0 Å².